The molecule has 1 N–H and O–H groups in total. The minimum absolute atomic E-state index is 0.173. The van der Waals surface area contributed by atoms with Crippen LogP contribution in [0, 0.1) is 0 Å². The molecule has 128 valence electrons. The Balaban J connectivity index is 1.54. The summed E-state index contributed by atoms with van der Waals surface area (Å²) in [6.07, 6.45) is 0. The number of para-hydroxylation sites is 1. The third kappa shape index (κ3) is 2.33. The lowest BCUT2D eigenvalue weighted by atomic mass is 10.2. The molecule has 1 aliphatic rings. The highest BCUT2D eigenvalue weighted by atomic mass is 32.1. The Labute approximate surface area is 150 Å². The molecular formula is C19H11NO5S. The Morgan fingerprint density at radius 3 is 2.77 bits per heavy atom. The van der Waals surface area contributed by atoms with E-state index in [0.29, 0.717) is 33.0 Å². The summed E-state index contributed by atoms with van der Waals surface area (Å²) in [5, 5.41) is 4.04. The van der Waals surface area contributed by atoms with Crippen LogP contribution in [0.5, 0.6) is 11.5 Å². The maximum absolute atomic E-state index is 12.6. The molecule has 0 saturated carbocycles. The molecule has 0 radical (unpaired) electrons. The molecule has 1 aliphatic heterocycles. The van der Waals surface area contributed by atoms with Gasteiger partial charge in [0.1, 0.15) is 5.58 Å². The van der Waals surface area contributed by atoms with Gasteiger partial charge in [0, 0.05) is 17.1 Å². The van der Waals surface area contributed by atoms with Gasteiger partial charge in [-0.3, -0.25) is 4.79 Å². The second kappa shape index (κ2) is 5.60. The molecule has 0 fully saturated rings. The van der Waals surface area contributed by atoms with Crippen LogP contribution in [0.15, 0.2) is 57.7 Å². The minimum Gasteiger partial charge on any atom is -0.454 e. The first-order valence-corrected chi connectivity index (χ1v) is 8.67. The number of nitrogens with one attached hydrogen (secondary N) is 1. The van der Waals surface area contributed by atoms with Crippen LogP contribution in [-0.2, 0) is 0 Å². The molecule has 0 saturated heterocycles. The summed E-state index contributed by atoms with van der Waals surface area (Å²) in [6.45, 7) is 0.173. The first kappa shape index (κ1) is 15.0. The van der Waals surface area contributed by atoms with Crippen molar-refractivity contribution < 1.29 is 18.7 Å². The fourth-order valence-corrected chi connectivity index (χ4v) is 3.99. The van der Waals surface area contributed by atoms with Gasteiger partial charge in [0.2, 0.25) is 6.79 Å². The fourth-order valence-electron chi connectivity index (χ4n) is 2.92. The molecule has 2 aromatic heterocycles. The van der Waals surface area contributed by atoms with Gasteiger partial charge in [-0.25, -0.2) is 4.79 Å². The maximum atomic E-state index is 12.6. The van der Waals surface area contributed by atoms with Crippen LogP contribution in [0.4, 0.5) is 5.69 Å². The zero-order valence-electron chi connectivity index (χ0n) is 13.3. The van der Waals surface area contributed by atoms with E-state index in [0.717, 1.165) is 10.1 Å². The Morgan fingerprint density at radius 1 is 1.00 bits per heavy atom. The summed E-state index contributed by atoms with van der Waals surface area (Å²) in [5.74, 6) is 0.938. The molecule has 6 nitrogen and oxygen atoms in total. The summed E-state index contributed by atoms with van der Waals surface area (Å²) in [5.41, 5.74) is 0.653. The van der Waals surface area contributed by atoms with Gasteiger partial charge in [0.25, 0.3) is 5.91 Å². The number of hydrogen-bond donors (Lipinski definition) is 1. The Morgan fingerprint density at radius 2 is 1.85 bits per heavy atom. The van der Waals surface area contributed by atoms with Crippen LogP contribution < -0.4 is 20.4 Å². The molecule has 7 heteroatoms. The van der Waals surface area contributed by atoms with Gasteiger partial charge in [0.05, 0.1) is 15.0 Å². The van der Waals surface area contributed by atoms with Crippen molar-refractivity contribution in [1.82, 2.24) is 0 Å². The zero-order chi connectivity index (χ0) is 17.7. The zero-order valence-corrected chi connectivity index (χ0v) is 14.1. The molecule has 5 rings (SSSR count). The van der Waals surface area contributed by atoms with Gasteiger partial charge >= 0.3 is 5.63 Å². The van der Waals surface area contributed by atoms with E-state index in [2.05, 4.69) is 5.32 Å². The van der Waals surface area contributed by atoms with Crippen molar-refractivity contribution in [2.45, 2.75) is 0 Å². The van der Waals surface area contributed by atoms with E-state index in [1.54, 1.807) is 36.4 Å². The smallest absolute Gasteiger partial charge is 0.345 e. The molecule has 1 amide bonds. The van der Waals surface area contributed by atoms with Crippen LogP contribution in [0.1, 0.15) is 9.67 Å². The standard InChI is InChI=1S/C19H11NO5S/c21-18(20-10-5-6-14-15(7-10)24-9-23-14)16-8-12-17(26-16)11-3-1-2-4-13(11)25-19(12)22/h1-8H,9H2,(H,20,21). The Kier molecular flexibility index (Phi) is 3.23. The van der Waals surface area contributed by atoms with Gasteiger partial charge < -0.3 is 19.2 Å². The topological polar surface area (TPSA) is 77.8 Å². The summed E-state index contributed by atoms with van der Waals surface area (Å²) < 4.78 is 16.6. The first-order valence-electron chi connectivity index (χ1n) is 7.85. The summed E-state index contributed by atoms with van der Waals surface area (Å²) in [4.78, 5) is 25.3. The third-order valence-electron chi connectivity index (χ3n) is 4.14. The van der Waals surface area contributed by atoms with E-state index < -0.39 is 5.63 Å². The molecule has 0 unspecified atom stereocenters. The summed E-state index contributed by atoms with van der Waals surface area (Å²) in [6, 6.07) is 14.0. The third-order valence-corrected chi connectivity index (χ3v) is 5.31. The number of rotatable bonds is 2. The van der Waals surface area contributed by atoms with E-state index in [-0.39, 0.29) is 12.7 Å². The number of hydrogen-bond acceptors (Lipinski definition) is 6. The Bertz CT molecular complexity index is 1240. The molecule has 3 heterocycles. The van der Waals surface area contributed by atoms with Crippen molar-refractivity contribution in [3.05, 3.63) is 63.8 Å². The van der Waals surface area contributed by atoms with Gasteiger partial charge in [-0.05, 0) is 30.3 Å². The SMILES string of the molecule is O=C(Nc1ccc2c(c1)OCO2)c1cc2c(=O)oc3ccccc3c2s1. The quantitative estimate of drug-likeness (QED) is 0.544. The molecule has 2 aromatic carbocycles. The van der Waals surface area contributed by atoms with Crippen LogP contribution in [0.2, 0.25) is 0 Å². The van der Waals surface area contributed by atoms with E-state index in [1.807, 2.05) is 12.1 Å². The number of fused-ring (bicyclic) bond motifs is 4. The highest BCUT2D eigenvalue weighted by Crippen LogP contribution is 2.35. The van der Waals surface area contributed by atoms with Crippen LogP contribution >= 0.6 is 11.3 Å². The van der Waals surface area contributed by atoms with Crippen LogP contribution in [0.3, 0.4) is 0 Å². The van der Waals surface area contributed by atoms with Gasteiger partial charge in [-0.15, -0.1) is 11.3 Å². The van der Waals surface area contributed by atoms with Gasteiger partial charge in [-0.1, -0.05) is 12.1 Å². The highest BCUT2D eigenvalue weighted by molar-refractivity contribution is 7.21. The average Bonchev–Trinajstić information content (AvgIpc) is 3.29. The fraction of sp³-hybridized carbons (Fsp3) is 0.0526. The summed E-state index contributed by atoms with van der Waals surface area (Å²) in [7, 11) is 0. The molecule has 26 heavy (non-hydrogen) atoms. The maximum Gasteiger partial charge on any atom is 0.345 e. The lowest BCUT2D eigenvalue weighted by molar-refractivity contribution is 0.103. The average molecular weight is 365 g/mol. The van der Waals surface area contributed by atoms with E-state index >= 15 is 0 Å². The number of thiophene rings is 1. The van der Waals surface area contributed by atoms with Crippen molar-refractivity contribution in [2.24, 2.45) is 0 Å². The molecule has 0 bridgehead atoms. The first-order chi connectivity index (χ1) is 12.7. The normalized spacial score (nSPS) is 12.6. The molecule has 0 spiro atoms. The van der Waals surface area contributed by atoms with E-state index in [1.165, 1.54) is 11.3 Å². The van der Waals surface area contributed by atoms with Crippen molar-refractivity contribution in [2.75, 3.05) is 12.1 Å². The number of benzene rings is 2. The van der Waals surface area contributed by atoms with Crippen molar-refractivity contribution in [3.63, 3.8) is 0 Å². The van der Waals surface area contributed by atoms with Crippen molar-refractivity contribution in [3.8, 4) is 11.5 Å². The summed E-state index contributed by atoms with van der Waals surface area (Å²) >= 11 is 1.27. The Hall–Kier alpha value is -3.32. The number of anilines is 1. The van der Waals surface area contributed by atoms with Crippen molar-refractivity contribution in [1.29, 1.82) is 0 Å². The second-order valence-electron chi connectivity index (χ2n) is 5.76. The van der Waals surface area contributed by atoms with Gasteiger partial charge in [0.15, 0.2) is 11.5 Å². The van der Waals surface area contributed by atoms with Crippen LogP contribution in [-0.4, -0.2) is 12.7 Å². The molecule has 4 aromatic rings. The number of carbonyl (C=O) groups is 1. The lowest BCUT2D eigenvalue weighted by Gasteiger charge is -2.04. The minimum atomic E-state index is -0.447. The molecule has 0 aliphatic carbocycles. The van der Waals surface area contributed by atoms with Gasteiger partial charge in [-0.2, -0.15) is 0 Å². The predicted octanol–water partition coefficient (Wildman–Crippen LogP) is 3.99. The number of ether oxygens (including phenoxy) is 2. The monoisotopic (exact) mass is 365 g/mol. The highest BCUT2D eigenvalue weighted by Gasteiger charge is 2.18. The second-order valence-corrected chi connectivity index (χ2v) is 6.81. The molecular weight excluding hydrogens is 354 g/mol. The van der Waals surface area contributed by atoms with E-state index in [4.69, 9.17) is 13.9 Å². The predicted molar refractivity (Wildman–Crippen MR) is 98.4 cm³/mol. The largest absolute Gasteiger partial charge is 0.454 e. The molecule has 0 atom stereocenters. The lowest BCUT2D eigenvalue weighted by Crippen LogP contribution is -2.10. The van der Waals surface area contributed by atoms with Crippen LogP contribution in [0.25, 0.3) is 21.1 Å². The van der Waals surface area contributed by atoms with Crippen molar-refractivity contribution >= 4 is 44.0 Å². The number of carbonyl (C=O) groups excluding carboxylic acids is 1. The van der Waals surface area contributed by atoms with E-state index in [9.17, 15) is 9.59 Å². The number of amides is 1.